The van der Waals surface area contributed by atoms with E-state index in [4.69, 9.17) is 0 Å². The van der Waals surface area contributed by atoms with Gasteiger partial charge >= 0.3 is 0 Å². The van der Waals surface area contributed by atoms with Gasteiger partial charge in [-0.25, -0.2) is 26.1 Å². The van der Waals surface area contributed by atoms with Gasteiger partial charge in [0.2, 0.25) is 20.0 Å². The summed E-state index contributed by atoms with van der Waals surface area (Å²) in [5.74, 6) is -0.566. The maximum absolute atomic E-state index is 12.2. The first-order chi connectivity index (χ1) is 12.7. The molecule has 0 radical (unpaired) electrons. The van der Waals surface area contributed by atoms with Crippen molar-refractivity contribution in [3.8, 4) is 0 Å². The van der Waals surface area contributed by atoms with Crippen molar-refractivity contribution in [2.24, 2.45) is 0 Å². The SMILES string of the molecule is Cc1ccc(CS(=O)(=O)NCCS(=O)(=O)Nc2ccn3nccc3c2)cc1. The lowest BCUT2D eigenvalue weighted by molar-refractivity contribution is 0.581. The van der Waals surface area contributed by atoms with Crippen molar-refractivity contribution < 1.29 is 16.8 Å². The molecule has 10 heteroatoms. The van der Waals surface area contributed by atoms with Gasteiger partial charge in [-0.05, 0) is 30.7 Å². The molecule has 0 atom stereocenters. The predicted octanol–water partition coefficient (Wildman–Crippen LogP) is 1.50. The Hall–Kier alpha value is -2.43. The van der Waals surface area contributed by atoms with E-state index in [1.807, 2.05) is 19.1 Å². The van der Waals surface area contributed by atoms with Crippen LogP contribution in [-0.4, -0.2) is 38.7 Å². The van der Waals surface area contributed by atoms with Gasteiger partial charge in [-0.2, -0.15) is 5.10 Å². The van der Waals surface area contributed by atoms with Crippen molar-refractivity contribution >= 4 is 31.3 Å². The number of nitrogens with zero attached hydrogens (tertiary/aromatic N) is 2. The number of fused-ring (bicyclic) bond motifs is 1. The zero-order valence-electron chi connectivity index (χ0n) is 14.7. The second-order valence-electron chi connectivity index (χ2n) is 6.18. The molecule has 144 valence electrons. The molecule has 0 saturated carbocycles. The number of nitrogens with one attached hydrogen (secondary N) is 2. The molecular formula is C17H20N4O4S2. The Labute approximate surface area is 158 Å². The van der Waals surface area contributed by atoms with Gasteiger partial charge in [-0.3, -0.25) is 4.72 Å². The van der Waals surface area contributed by atoms with Crippen LogP contribution in [0, 0.1) is 6.92 Å². The van der Waals surface area contributed by atoms with Crippen LogP contribution in [0.4, 0.5) is 5.69 Å². The molecule has 3 aromatic rings. The van der Waals surface area contributed by atoms with E-state index >= 15 is 0 Å². The fraction of sp³-hybridized carbons (Fsp3) is 0.235. The van der Waals surface area contributed by atoms with Crippen LogP contribution < -0.4 is 9.44 Å². The fourth-order valence-electron chi connectivity index (χ4n) is 2.50. The Morgan fingerprint density at radius 2 is 1.74 bits per heavy atom. The number of rotatable bonds is 8. The van der Waals surface area contributed by atoms with Gasteiger partial charge in [0.25, 0.3) is 0 Å². The monoisotopic (exact) mass is 408 g/mol. The second kappa shape index (κ2) is 7.67. The third-order valence-corrected chi connectivity index (χ3v) is 6.49. The minimum absolute atomic E-state index is 0.196. The van der Waals surface area contributed by atoms with Gasteiger partial charge in [0, 0.05) is 18.9 Å². The summed E-state index contributed by atoms with van der Waals surface area (Å²) in [5, 5.41) is 4.03. The number of pyridine rings is 1. The number of hydrogen-bond donors (Lipinski definition) is 2. The van der Waals surface area contributed by atoms with Gasteiger partial charge in [0.1, 0.15) is 0 Å². The molecule has 8 nitrogen and oxygen atoms in total. The molecule has 0 spiro atoms. The highest BCUT2D eigenvalue weighted by atomic mass is 32.2. The number of anilines is 1. The largest absolute Gasteiger partial charge is 0.283 e. The zero-order valence-corrected chi connectivity index (χ0v) is 16.3. The lowest BCUT2D eigenvalue weighted by Gasteiger charge is -2.10. The van der Waals surface area contributed by atoms with E-state index in [1.54, 1.807) is 47.2 Å². The molecule has 2 N–H and O–H groups in total. The first-order valence-electron chi connectivity index (χ1n) is 8.19. The van der Waals surface area contributed by atoms with E-state index in [0.29, 0.717) is 11.3 Å². The standard InChI is InChI=1S/C17H20N4O4S2/c1-14-2-4-15(5-3-14)13-27(24,25)19-9-11-26(22,23)20-16-7-10-21-17(12-16)6-8-18-21/h2-8,10,12,19-20H,9,11,13H2,1H3. The highest BCUT2D eigenvalue weighted by molar-refractivity contribution is 7.92. The molecule has 0 fully saturated rings. The highest BCUT2D eigenvalue weighted by Gasteiger charge is 2.15. The van der Waals surface area contributed by atoms with E-state index in [2.05, 4.69) is 14.5 Å². The molecule has 0 unspecified atom stereocenters. The highest BCUT2D eigenvalue weighted by Crippen LogP contribution is 2.13. The maximum atomic E-state index is 12.2. The van der Waals surface area contributed by atoms with Crippen LogP contribution in [0.25, 0.3) is 5.52 Å². The fourth-order valence-corrected chi connectivity index (χ4v) is 4.74. The van der Waals surface area contributed by atoms with Gasteiger partial charge in [-0.1, -0.05) is 29.8 Å². The summed E-state index contributed by atoms with van der Waals surface area (Å²) in [4.78, 5) is 0. The number of sulfonamides is 2. The molecule has 0 aliphatic rings. The van der Waals surface area contributed by atoms with Gasteiger partial charge in [0.05, 0.1) is 22.7 Å². The number of aromatic nitrogens is 2. The normalized spacial score (nSPS) is 12.3. The van der Waals surface area contributed by atoms with E-state index < -0.39 is 20.0 Å². The molecule has 1 aromatic carbocycles. The van der Waals surface area contributed by atoms with Gasteiger partial charge < -0.3 is 0 Å². The average molecular weight is 409 g/mol. The smallest absolute Gasteiger partial charge is 0.234 e. The summed E-state index contributed by atoms with van der Waals surface area (Å²) < 4.78 is 55.0. The topological polar surface area (TPSA) is 110 Å². The van der Waals surface area contributed by atoms with E-state index in [-0.39, 0.29) is 18.1 Å². The predicted molar refractivity (Wildman–Crippen MR) is 104 cm³/mol. The Morgan fingerprint density at radius 3 is 2.48 bits per heavy atom. The molecule has 0 saturated heterocycles. The van der Waals surface area contributed by atoms with Crippen molar-refractivity contribution in [3.05, 3.63) is 66.0 Å². The maximum Gasteiger partial charge on any atom is 0.234 e. The summed E-state index contributed by atoms with van der Waals surface area (Å²) in [6.45, 7) is 1.71. The number of aryl methyl sites for hydroxylation is 1. The molecule has 2 aromatic heterocycles. The molecule has 2 heterocycles. The summed E-state index contributed by atoms with van der Waals surface area (Å²) in [6, 6.07) is 12.1. The minimum Gasteiger partial charge on any atom is -0.283 e. The van der Waals surface area contributed by atoms with Crippen LogP contribution >= 0.6 is 0 Å². The van der Waals surface area contributed by atoms with E-state index in [0.717, 1.165) is 11.1 Å². The van der Waals surface area contributed by atoms with Crippen LogP contribution in [0.15, 0.2) is 54.9 Å². The second-order valence-corrected chi connectivity index (χ2v) is 9.82. The number of benzene rings is 1. The third kappa shape index (κ3) is 5.52. The molecule has 0 aliphatic heterocycles. The lowest BCUT2D eigenvalue weighted by Crippen LogP contribution is -2.32. The average Bonchev–Trinajstić information content (AvgIpc) is 3.03. The van der Waals surface area contributed by atoms with Crippen molar-refractivity contribution in [1.29, 1.82) is 0 Å². The quantitative estimate of drug-likeness (QED) is 0.587. The molecule has 3 rings (SSSR count). The van der Waals surface area contributed by atoms with E-state index in [1.165, 1.54) is 0 Å². The van der Waals surface area contributed by atoms with Gasteiger partial charge in [-0.15, -0.1) is 0 Å². The summed E-state index contributed by atoms with van der Waals surface area (Å²) >= 11 is 0. The van der Waals surface area contributed by atoms with Crippen LogP contribution in [0.5, 0.6) is 0 Å². The van der Waals surface area contributed by atoms with Crippen molar-refractivity contribution in [1.82, 2.24) is 14.3 Å². The molecule has 27 heavy (non-hydrogen) atoms. The number of hydrogen-bond acceptors (Lipinski definition) is 5. The van der Waals surface area contributed by atoms with Crippen molar-refractivity contribution in [2.45, 2.75) is 12.7 Å². The third-order valence-electron chi connectivity index (χ3n) is 3.84. The van der Waals surface area contributed by atoms with Crippen molar-refractivity contribution in [2.75, 3.05) is 17.0 Å². The minimum atomic E-state index is -3.69. The Morgan fingerprint density at radius 1 is 1.00 bits per heavy atom. The first kappa shape index (κ1) is 19.3. The Bertz CT molecular complexity index is 1140. The summed E-state index contributed by atoms with van der Waals surface area (Å²) in [7, 11) is -7.31. The van der Waals surface area contributed by atoms with Crippen LogP contribution in [0.1, 0.15) is 11.1 Å². The summed E-state index contributed by atoms with van der Waals surface area (Å²) in [5.41, 5.74) is 2.82. The van der Waals surface area contributed by atoms with Gasteiger partial charge in [0.15, 0.2) is 0 Å². The lowest BCUT2D eigenvalue weighted by atomic mass is 10.2. The van der Waals surface area contributed by atoms with Crippen LogP contribution in [0.3, 0.4) is 0 Å². The first-order valence-corrected chi connectivity index (χ1v) is 11.5. The van der Waals surface area contributed by atoms with Crippen molar-refractivity contribution in [3.63, 3.8) is 0 Å². The summed E-state index contributed by atoms with van der Waals surface area (Å²) in [6.07, 6.45) is 3.24. The van der Waals surface area contributed by atoms with E-state index in [9.17, 15) is 16.8 Å². The van der Waals surface area contributed by atoms with Crippen LogP contribution in [0.2, 0.25) is 0 Å². The Kier molecular flexibility index (Phi) is 5.49. The molecule has 0 aliphatic carbocycles. The van der Waals surface area contributed by atoms with Crippen LogP contribution in [-0.2, 0) is 25.8 Å². The molecular weight excluding hydrogens is 388 g/mol. The molecule has 0 amide bonds. The zero-order chi connectivity index (χ0) is 19.5. The Balaban J connectivity index is 1.55. The molecule has 0 bridgehead atoms.